The third-order valence-corrected chi connectivity index (χ3v) is 22.7. The number of fused-ring (bicyclic) bond motifs is 6. The Morgan fingerprint density at radius 3 is 1.21 bits per heavy atom. The van der Waals surface area contributed by atoms with Crippen LogP contribution in [-0.4, -0.2) is 115 Å². The smallest absolute Gasteiger partial charge is 1.00 e. The first-order valence-corrected chi connectivity index (χ1v) is 37.7. The standard InChI is InChI=1S/C28H31N3O3.C27H29N3O4.C21H26N2O2.C7H6ClNO2.HI.Li/c1-17-5-3-4-6-24(17)27-25(28(34-30-27)19-7-8-19)16-33-23-14-21-9-10-22(15-23)31(21)26-13-20(18(2)32)11-12-29-26;1-16-4-2-3-5-22(16)25-23(26(34-29-25)17-6-7-17)15-33-21-13-19-8-9-20(14-21)30(19)24-12-18(27(31)32)10-11-28-24;1-13-4-2-3-5-18(13)20-19(21(25-23-20)14-6-7-14)12-24-17-10-15-8-9-16(11-17)22-15;1-11-7(10)5-2-3-9-6(8)4-5;;/h3-6,11-13,19,21-23H,7-10,14-16H2,1-2H3;2-5,10-12,17,19-21H,6-9,13-15H2,1H3,(H,31,32);2-5,14-17,22H,6-12H2,1H3;2-4H,1H3;1H;/q;;;;;+1/p-1/t21-,22?,23?;19-,20?,21?;15-,16?,17?;;;/m000.../s1. The first kappa shape index (κ1) is 76.6. The zero-order valence-corrected chi connectivity index (χ0v) is 64.2. The van der Waals surface area contributed by atoms with Gasteiger partial charge in [0.25, 0.3) is 0 Å². The Morgan fingerprint density at radius 2 is 0.849 bits per heavy atom. The Bertz CT molecular complexity index is 4330. The van der Waals surface area contributed by atoms with Gasteiger partial charge < -0.3 is 76.7 Å². The molecule has 0 amide bonds. The molecule has 0 spiro atoms. The summed E-state index contributed by atoms with van der Waals surface area (Å²) in [6, 6.07) is 37.8. The van der Waals surface area contributed by atoms with Gasteiger partial charge in [-0.2, -0.15) is 0 Å². The van der Waals surface area contributed by atoms with Crippen LogP contribution in [0.5, 0.6) is 0 Å². The molecule has 9 fully saturated rings. The average Bonchev–Trinajstić information content (AvgIpc) is 1.64. The van der Waals surface area contributed by atoms with Gasteiger partial charge in [-0.3, -0.25) is 4.79 Å². The molecule has 106 heavy (non-hydrogen) atoms. The molecule has 23 heteroatoms. The summed E-state index contributed by atoms with van der Waals surface area (Å²) < 4.78 is 41.4. The van der Waals surface area contributed by atoms with Gasteiger partial charge in [0.15, 0.2) is 5.78 Å². The molecule has 2 N–H and O–H groups in total. The molecule has 9 aromatic rings. The summed E-state index contributed by atoms with van der Waals surface area (Å²) in [6.45, 7) is 9.65. The molecule has 0 radical (unpaired) electrons. The zero-order chi connectivity index (χ0) is 71.5. The van der Waals surface area contributed by atoms with Crippen molar-refractivity contribution < 1.29 is 94.8 Å². The number of Topliss-reactive ketones (excluding diaryl/α,β-unsaturated/α-hetero) is 1. The van der Waals surface area contributed by atoms with E-state index in [9.17, 15) is 19.5 Å². The van der Waals surface area contributed by atoms with Crippen molar-refractivity contribution in [3.05, 3.63) is 200 Å². The van der Waals surface area contributed by atoms with Gasteiger partial charge in [-0.15, -0.1) is 0 Å². The molecule has 550 valence electrons. The number of carboxylic acid groups (broad SMARTS) is 1. The molecule has 6 bridgehead atoms. The van der Waals surface area contributed by atoms with E-state index >= 15 is 0 Å². The first-order valence-electron chi connectivity index (χ1n) is 37.3. The minimum absolute atomic E-state index is 0. The number of aromatic carboxylic acids is 1. The minimum Gasteiger partial charge on any atom is -1.00 e. The second-order valence-electron chi connectivity index (χ2n) is 29.9. The van der Waals surface area contributed by atoms with Gasteiger partial charge in [-0.25, -0.2) is 24.5 Å². The van der Waals surface area contributed by atoms with E-state index in [1.165, 1.54) is 91.8 Å². The Morgan fingerprint density at radius 1 is 0.491 bits per heavy atom. The number of rotatable bonds is 20. The molecule has 3 saturated carbocycles. The van der Waals surface area contributed by atoms with Crippen LogP contribution in [0.2, 0.25) is 5.15 Å². The monoisotopic (exact) mass is 1560 g/mol. The maximum Gasteiger partial charge on any atom is 1.00 e. The summed E-state index contributed by atoms with van der Waals surface area (Å²) >= 11 is 5.53. The van der Waals surface area contributed by atoms with E-state index in [4.69, 9.17) is 39.4 Å². The molecule has 3 aromatic carbocycles. The Labute approximate surface area is 653 Å². The maximum absolute atomic E-state index is 11.9. The Hall–Kier alpha value is -7.59. The number of carbonyl (C=O) groups excluding carboxylic acids is 2. The fourth-order valence-electron chi connectivity index (χ4n) is 16.7. The molecule has 12 heterocycles. The molecular formula is C83H92ClILiN9O11. The molecule has 3 aliphatic carbocycles. The average molecular weight is 1560 g/mol. The van der Waals surface area contributed by atoms with Gasteiger partial charge >= 0.3 is 30.8 Å². The van der Waals surface area contributed by atoms with Crippen LogP contribution in [0.25, 0.3) is 33.8 Å². The van der Waals surface area contributed by atoms with Crippen LogP contribution in [0.3, 0.4) is 0 Å². The van der Waals surface area contributed by atoms with Crippen molar-refractivity contribution in [2.75, 3.05) is 16.9 Å². The SMILES string of the molecule is CC(=O)c1ccnc(N2C3CC[C@H]2CC(OCc2c(-c4ccccc4C)noc2C2CC2)C3)c1.COC(=O)c1ccnc(Cl)c1.Cc1ccccc1-c1noc(C2CC2)c1COC1CC2CC[C@@H](C1)N2.Cc1ccccc1-c1noc(C2CC2)c1COC1CC2CC[C@@H](C1)N2c1cc(C(=O)O)ccn1.[I-].[Li+]. The van der Waals surface area contributed by atoms with Crippen molar-refractivity contribution in [1.29, 1.82) is 0 Å². The van der Waals surface area contributed by atoms with Crippen molar-refractivity contribution >= 4 is 41.0 Å². The normalized spacial score (nSPS) is 23.0. The third-order valence-electron chi connectivity index (χ3n) is 22.5. The number of hydrogen-bond acceptors (Lipinski definition) is 19. The van der Waals surface area contributed by atoms with Crippen LogP contribution in [0.1, 0.15) is 222 Å². The summed E-state index contributed by atoms with van der Waals surface area (Å²) in [5.74, 6) is 5.03. The number of ether oxygens (including phenoxy) is 4. The fourth-order valence-corrected chi connectivity index (χ4v) is 16.8. The predicted octanol–water partition coefficient (Wildman–Crippen LogP) is 11.0. The maximum atomic E-state index is 11.9. The summed E-state index contributed by atoms with van der Waals surface area (Å²) in [7, 11) is 1.32. The van der Waals surface area contributed by atoms with Crippen LogP contribution >= 0.6 is 11.6 Å². The quantitative estimate of drug-likeness (QED) is 0.0237. The largest absolute Gasteiger partial charge is 1.00 e. The van der Waals surface area contributed by atoms with E-state index in [1.54, 1.807) is 37.5 Å². The Balaban J connectivity index is 0.000000131. The molecular weight excluding hydrogens is 1470 g/mol. The number of methoxy groups -OCH3 is 1. The van der Waals surface area contributed by atoms with Crippen LogP contribution in [0.15, 0.2) is 141 Å². The van der Waals surface area contributed by atoms with Crippen molar-refractivity contribution in [2.45, 2.75) is 235 Å². The van der Waals surface area contributed by atoms with Crippen molar-refractivity contribution in [3.8, 4) is 33.8 Å². The van der Waals surface area contributed by atoms with Gasteiger partial charge in [-0.05, 0) is 196 Å². The molecule has 6 aliphatic heterocycles. The second-order valence-corrected chi connectivity index (χ2v) is 30.2. The number of carbonyl (C=O) groups is 3. The number of pyridine rings is 3. The number of esters is 1. The number of nitrogens with zero attached hydrogens (tertiary/aromatic N) is 8. The van der Waals surface area contributed by atoms with Crippen molar-refractivity contribution in [3.63, 3.8) is 0 Å². The predicted molar refractivity (Wildman–Crippen MR) is 394 cm³/mol. The summed E-state index contributed by atoms with van der Waals surface area (Å²) in [6.07, 6.45) is 25.7. The van der Waals surface area contributed by atoms with Crippen LogP contribution in [-0.2, 0) is 38.8 Å². The van der Waals surface area contributed by atoms with Gasteiger partial charge in [0.05, 0.1) is 56.4 Å². The van der Waals surface area contributed by atoms with Crippen LogP contribution < -0.4 is 58.0 Å². The topological polar surface area (TPSA) is 244 Å². The molecule has 9 aliphatic rings. The summed E-state index contributed by atoms with van der Waals surface area (Å²) in [4.78, 5) is 51.7. The first-order chi connectivity index (χ1) is 50.7. The van der Waals surface area contributed by atoms with Crippen molar-refractivity contribution in [2.24, 2.45) is 0 Å². The minimum atomic E-state index is -0.918. The number of carboxylic acids is 1. The zero-order valence-electron chi connectivity index (χ0n) is 61.3. The molecule has 6 unspecified atom stereocenters. The number of aryl methyl sites for hydroxylation is 3. The number of piperidine rings is 3. The third kappa shape index (κ3) is 17.6. The number of ketones is 1. The second kappa shape index (κ2) is 34.3. The summed E-state index contributed by atoms with van der Waals surface area (Å²) in [5.41, 5.74) is 14.7. The number of benzene rings is 3. The number of hydrogen-bond donors (Lipinski definition) is 2. The van der Waals surface area contributed by atoms with Crippen LogP contribution in [0, 0.1) is 20.8 Å². The molecule has 18 rings (SSSR count). The molecule has 6 saturated heterocycles. The van der Waals surface area contributed by atoms with Gasteiger partial charge in [0.2, 0.25) is 0 Å². The Kier molecular flexibility index (Phi) is 24.8. The van der Waals surface area contributed by atoms with E-state index in [1.807, 2.05) is 18.2 Å². The van der Waals surface area contributed by atoms with Gasteiger partial charge in [0.1, 0.15) is 51.2 Å². The van der Waals surface area contributed by atoms with E-state index in [2.05, 4.69) is 132 Å². The number of aromatic nitrogens is 6. The fraction of sp³-hybridized carbons (Fsp3) is 0.458. The van der Waals surface area contributed by atoms with Gasteiger partial charge in [0, 0.05) is 112 Å². The van der Waals surface area contributed by atoms with Gasteiger partial charge in [-0.1, -0.05) is 99.9 Å². The number of halogens is 2. The van der Waals surface area contributed by atoms with Crippen LogP contribution in [0.4, 0.5) is 11.6 Å². The molecule has 9 atom stereocenters. The molecule has 20 nitrogen and oxygen atoms in total. The molecule has 6 aromatic heterocycles. The van der Waals surface area contributed by atoms with E-state index in [0.717, 1.165) is 151 Å². The summed E-state index contributed by atoms with van der Waals surface area (Å²) in [5, 5.41) is 26.7. The van der Waals surface area contributed by atoms with E-state index < -0.39 is 11.9 Å². The number of nitrogens with one attached hydrogen (secondary N) is 1. The van der Waals surface area contributed by atoms with E-state index in [0.29, 0.717) is 85.5 Å². The number of anilines is 2. The van der Waals surface area contributed by atoms with Crippen molar-refractivity contribution in [1.82, 2.24) is 35.7 Å². The van der Waals surface area contributed by atoms with E-state index in [-0.39, 0.29) is 71.5 Å².